The molecule has 4 heterocycles. The molecule has 4 aliphatic heterocycles. The first kappa shape index (κ1) is 31.7. The second-order valence-corrected chi connectivity index (χ2v) is 12.7. The lowest BCUT2D eigenvalue weighted by Gasteiger charge is -2.37. The number of allylic oxidation sites excluding steroid dienone is 1. The SMILES string of the molecule is C[C@@H]1[C@@H](c2ccccc2)OC(=O)[C@@H]2[C@H]3C(=O)N([C@H](C)CO)[C@@H]4C(=O)N(Cc5ccccc5)CC=C[C@]34O[C@@H]2/C=C\CCC(=O)N1C. The molecule has 2 aromatic carbocycles. The van der Waals surface area contributed by atoms with Crippen molar-refractivity contribution in [3.63, 3.8) is 0 Å². The van der Waals surface area contributed by atoms with Gasteiger partial charge in [-0.2, -0.15) is 0 Å². The monoisotopic (exact) mass is 627 g/mol. The minimum absolute atomic E-state index is 0.0891. The lowest BCUT2D eigenvalue weighted by atomic mass is 9.77. The van der Waals surface area contributed by atoms with E-state index >= 15 is 0 Å². The van der Waals surface area contributed by atoms with Crippen LogP contribution in [-0.2, 0) is 35.2 Å². The number of hydrogen-bond acceptors (Lipinski definition) is 7. The standard InChI is InChI=1S/C36H41N3O7/c1-23(22-40)39-32-34(43)38(21-25-13-6-4-7-14-25)20-12-19-36(32)30(33(39)42)29-27(46-36)17-10-11-18-28(41)37(3)24(2)31(45-35(29)44)26-15-8-5-9-16-26/h4-10,12-17,19,23-24,27,29-32,40H,11,18,20-22H2,1-3H3/b17-10-/t23-,24-,27-,29+,30+,31+,32-,36+/m1/s1. The van der Waals surface area contributed by atoms with Gasteiger partial charge in [-0.15, -0.1) is 0 Å². The van der Waals surface area contributed by atoms with Gasteiger partial charge in [-0.25, -0.2) is 0 Å². The van der Waals surface area contributed by atoms with E-state index in [1.165, 1.54) is 4.90 Å². The quantitative estimate of drug-likeness (QED) is 0.400. The number of esters is 1. The number of cyclic esters (lactones) is 1. The molecule has 6 rings (SSSR count). The molecule has 4 aliphatic rings. The molecule has 10 nitrogen and oxygen atoms in total. The van der Waals surface area contributed by atoms with Crippen molar-refractivity contribution in [2.75, 3.05) is 20.2 Å². The van der Waals surface area contributed by atoms with Gasteiger partial charge in [-0.1, -0.05) is 85.0 Å². The number of likely N-dealkylation sites (N-methyl/N-ethyl adjacent to an activating group) is 1. The summed E-state index contributed by atoms with van der Waals surface area (Å²) in [5, 5.41) is 10.2. The summed E-state index contributed by atoms with van der Waals surface area (Å²) in [4.78, 5) is 61.2. The van der Waals surface area contributed by atoms with Crippen LogP contribution in [0.2, 0.25) is 0 Å². The molecule has 3 amide bonds. The fourth-order valence-electron chi connectivity index (χ4n) is 7.38. The summed E-state index contributed by atoms with van der Waals surface area (Å²) in [7, 11) is 1.70. The van der Waals surface area contributed by atoms with Gasteiger partial charge in [0.1, 0.15) is 23.7 Å². The van der Waals surface area contributed by atoms with Crippen LogP contribution in [0.15, 0.2) is 85.0 Å². The largest absolute Gasteiger partial charge is 0.455 e. The van der Waals surface area contributed by atoms with E-state index in [1.807, 2.05) is 73.7 Å². The Bertz CT molecular complexity index is 1530. The minimum Gasteiger partial charge on any atom is -0.455 e. The van der Waals surface area contributed by atoms with Gasteiger partial charge in [-0.05, 0) is 31.4 Å². The maximum atomic E-state index is 14.5. The van der Waals surface area contributed by atoms with Gasteiger partial charge in [0.25, 0.3) is 0 Å². The molecule has 242 valence electrons. The number of nitrogens with zero attached hydrogens (tertiary/aromatic N) is 3. The van der Waals surface area contributed by atoms with E-state index in [-0.39, 0.29) is 31.4 Å². The predicted octanol–water partition coefficient (Wildman–Crippen LogP) is 3.03. The van der Waals surface area contributed by atoms with Crippen LogP contribution in [0.3, 0.4) is 0 Å². The van der Waals surface area contributed by atoms with E-state index in [0.29, 0.717) is 18.5 Å². The Labute approximate surface area is 269 Å². The Hall–Kier alpha value is -4.28. The number of rotatable bonds is 5. The third-order valence-electron chi connectivity index (χ3n) is 9.91. The summed E-state index contributed by atoms with van der Waals surface area (Å²) in [6, 6.07) is 16.5. The number of aliphatic hydroxyl groups is 1. The van der Waals surface area contributed by atoms with Crippen molar-refractivity contribution < 1.29 is 33.8 Å². The van der Waals surface area contributed by atoms with E-state index in [4.69, 9.17) is 9.47 Å². The van der Waals surface area contributed by atoms with Crippen molar-refractivity contribution in [2.24, 2.45) is 11.8 Å². The molecular weight excluding hydrogens is 586 g/mol. The van der Waals surface area contributed by atoms with Crippen molar-refractivity contribution in [3.8, 4) is 0 Å². The maximum Gasteiger partial charge on any atom is 0.313 e. The Morgan fingerprint density at radius 3 is 2.37 bits per heavy atom. The van der Waals surface area contributed by atoms with Gasteiger partial charge >= 0.3 is 5.97 Å². The average molecular weight is 628 g/mol. The highest BCUT2D eigenvalue weighted by atomic mass is 16.6. The summed E-state index contributed by atoms with van der Waals surface area (Å²) in [5.41, 5.74) is 0.180. The molecule has 0 aliphatic carbocycles. The third-order valence-corrected chi connectivity index (χ3v) is 9.91. The molecule has 2 fully saturated rings. The van der Waals surface area contributed by atoms with Crippen molar-refractivity contribution in [1.82, 2.24) is 14.7 Å². The Morgan fingerprint density at radius 1 is 0.978 bits per heavy atom. The van der Waals surface area contributed by atoms with E-state index in [2.05, 4.69) is 0 Å². The number of benzene rings is 2. The molecule has 2 aromatic rings. The summed E-state index contributed by atoms with van der Waals surface area (Å²) in [5.74, 6) is -3.63. The summed E-state index contributed by atoms with van der Waals surface area (Å²) < 4.78 is 13.0. The van der Waals surface area contributed by atoms with Crippen LogP contribution in [0.5, 0.6) is 0 Å². The van der Waals surface area contributed by atoms with E-state index in [9.17, 15) is 24.3 Å². The highest BCUT2D eigenvalue weighted by Crippen LogP contribution is 2.54. The van der Waals surface area contributed by atoms with Crippen LogP contribution in [0, 0.1) is 11.8 Å². The van der Waals surface area contributed by atoms with Crippen LogP contribution in [0.4, 0.5) is 0 Å². The van der Waals surface area contributed by atoms with Crippen molar-refractivity contribution >= 4 is 23.7 Å². The third kappa shape index (κ3) is 5.43. The molecule has 0 saturated carbocycles. The van der Waals surface area contributed by atoms with Crippen LogP contribution >= 0.6 is 0 Å². The summed E-state index contributed by atoms with van der Waals surface area (Å²) >= 11 is 0. The Morgan fingerprint density at radius 2 is 1.67 bits per heavy atom. The van der Waals surface area contributed by atoms with Gasteiger partial charge in [0.15, 0.2) is 0 Å². The predicted molar refractivity (Wildman–Crippen MR) is 169 cm³/mol. The normalized spacial score (nSPS) is 32.9. The lowest BCUT2D eigenvalue weighted by molar-refractivity contribution is -0.164. The van der Waals surface area contributed by atoms with Crippen LogP contribution < -0.4 is 0 Å². The number of amides is 3. The lowest BCUT2D eigenvalue weighted by Crippen LogP contribution is -2.57. The Kier molecular flexibility index (Phi) is 8.85. The molecule has 46 heavy (non-hydrogen) atoms. The molecule has 0 bridgehead atoms. The van der Waals surface area contributed by atoms with Gasteiger partial charge in [-0.3, -0.25) is 19.2 Å². The number of ether oxygens (including phenoxy) is 2. The molecule has 1 spiro atoms. The molecule has 1 N–H and O–H groups in total. The van der Waals surface area contributed by atoms with Gasteiger partial charge in [0, 0.05) is 26.6 Å². The molecule has 8 atom stereocenters. The highest BCUT2D eigenvalue weighted by Gasteiger charge is 2.72. The van der Waals surface area contributed by atoms with Gasteiger partial charge < -0.3 is 29.3 Å². The topological polar surface area (TPSA) is 117 Å². The summed E-state index contributed by atoms with van der Waals surface area (Å²) in [6.45, 7) is 3.77. The first-order valence-corrected chi connectivity index (χ1v) is 16.0. The molecule has 0 radical (unpaired) electrons. The second-order valence-electron chi connectivity index (χ2n) is 12.7. The van der Waals surface area contributed by atoms with E-state index in [0.717, 1.165) is 5.56 Å². The summed E-state index contributed by atoms with van der Waals surface area (Å²) in [6.07, 6.45) is 6.10. The molecule has 2 saturated heterocycles. The van der Waals surface area contributed by atoms with Crippen LogP contribution in [0.25, 0.3) is 0 Å². The smallest absolute Gasteiger partial charge is 0.313 e. The zero-order chi connectivity index (χ0) is 32.6. The molecular formula is C36H41N3O7. The van der Waals surface area contributed by atoms with Crippen molar-refractivity contribution in [3.05, 3.63) is 96.1 Å². The fraction of sp³-hybridized carbons (Fsp3) is 0.444. The van der Waals surface area contributed by atoms with Gasteiger partial charge in [0.05, 0.1) is 30.7 Å². The first-order chi connectivity index (χ1) is 22.2. The molecule has 10 heteroatoms. The molecule has 0 unspecified atom stereocenters. The van der Waals surface area contributed by atoms with Crippen molar-refractivity contribution in [2.45, 2.75) is 69.2 Å². The minimum atomic E-state index is -1.47. The molecule has 0 aromatic heterocycles. The first-order valence-electron chi connectivity index (χ1n) is 16.0. The van der Waals surface area contributed by atoms with E-state index < -0.39 is 59.6 Å². The van der Waals surface area contributed by atoms with Crippen molar-refractivity contribution in [1.29, 1.82) is 0 Å². The number of aliphatic hydroxyl groups excluding tert-OH is 1. The van der Waals surface area contributed by atoms with Gasteiger partial charge in [0.2, 0.25) is 17.7 Å². The number of hydrogen-bond donors (Lipinski definition) is 1. The zero-order valence-corrected chi connectivity index (χ0v) is 26.4. The number of fused-ring (bicyclic) bond motifs is 2. The number of carbonyl (C=O) groups excluding carboxylic acids is 4. The number of likely N-dealkylation sites (tertiary alicyclic amines) is 1. The Balaban J connectivity index is 1.43. The second kappa shape index (κ2) is 12.8. The number of carbonyl (C=O) groups is 4. The maximum absolute atomic E-state index is 14.5. The average Bonchev–Trinajstić information content (AvgIpc) is 3.47. The van der Waals surface area contributed by atoms with Crippen LogP contribution in [-0.4, -0.2) is 93.5 Å². The van der Waals surface area contributed by atoms with Crippen LogP contribution in [0.1, 0.15) is 43.9 Å². The van der Waals surface area contributed by atoms with E-state index in [1.54, 1.807) is 42.0 Å². The highest BCUT2D eigenvalue weighted by molar-refractivity contribution is 5.99. The zero-order valence-electron chi connectivity index (χ0n) is 26.4. The fourth-order valence-corrected chi connectivity index (χ4v) is 7.38.